The zero-order chi connectivity index (χ0) is 23.6. The highest BCUT2D eigenvalue weighted by atomic mass is 19.4. The van der Waals surface area contributed by atoms with Gasteiger partial charge in [0.2, 0.25) is 5.88 Å². The fourth-order valence-corrected chi connectivity index (χ4v) is 2.30. The van der Waals surface area contributed by atoms with Crippen LogP contribution in [0, 0.1) is 0 Å². The number of carbonyl (C=O) groups excluding carboxylic acids is 1. The van der Waals surface area contributed by atoms with Gasteiger partial charge >= 0.3 is 18.2 Å². The third kappa shape index (κ3) is 6.94. The molecule has 0 aliphatic heterocycles. The number of hydrogen-bond acceptors (Lipinski definition) is 5. The van der Waals surface area contributed by atoms with Crippen LogP contribution in [0.15, 0.2) is 36.4 Å². The van der Waals surface area contributed by atoms with E-state index >= 15 is 0 Å². The fourth-order valence-electron chi connectivity index (χ4n) is 2.30. The lowest BCUT2D eigenvalue weighted by Crippen LogP contribution is -2.49. The summed E-state index contributed by atoms with van der Waals surface area (Å²) < 4.78 is 50.3. The van der Waals surface area contributed by atoms with Crippen LogP contribution in [-0.2, 0) is 16.3 Å². The molecule has 1 aromatic heterocycles. The molecule has 0 bridgehead atoms. The molecule has 0 saturated heterocycles. The van der Waals surface area contributed by atoms with E-state index < -0.39 is 40.8 Å². The van der Waals surface area contributed by atoms with E-state index in [1.807, 2.05) is 0 Å². The van der Waals surface area contributed by atoms with Crippen LogP contribution in [0.2, 0.25) is 0 Å². The number of nitrogens with one attached hydrogen (secondary N) is 1. The molecule has 0 atom stereocenters. The molecule has 0 fully saturated rings. The Morgan fingerprint density at radius 3 is 2.29 bits per heavy atom. The number of amides is 1. The molecule has 2 N–H and O–H groups in total. The molecule has 0 aliphatic carbocycles. The number of aromatic nitrogens is 1. The van der Waals surface area contributed by atoms with Gasteiger partial charge in [0.25, 0.3) is 0 Å². The number of carbonyl (C=O) groups is 2. The number of hydrogen-bond donors (Lipinski definition) is 2. The molecule has 0 spiro atoms. The molecule has 31 heavy (non-hydrogen) atoms. The number of ether oxygens (including phenoxy) is 2. The summed E-state index contributed by atoms with van der Waals surface area (Å²) in [5.74, 6) is -1.91. The number of aromatic carboxylic acids is 1. The molecule has 1 heterocycles. The molecule has 1 amide bonds. The summed E-state index contributed by atoms with van der Waals surface area (Å²) in [4.78, 5) is 26.4. The summed E-state index contributed by atoms with van der Waals surface area (Å²) in [5, 5.41) is 8.85. The number of nitrogens with zero attached hydrogens (tertiary/aromatic N) is 1. The van der Waals surface area contributed by atoms with Crippen LogP contribution in [0.1, 0.15) is 42.4 Å². The van der Waals surface area contributed by atoms with Crippen LogP contribution in [0.5, 0.6) is 11.6 Å². The Bertz CT molecular complexity index is 991. The minimum atomic E-state index is -4.89. The first-order chi connectivity index (χ1) is 14.1. The Labute approximate surface area is 178 Å². The molecule has 0 saturated carbocycles. The molecular weight excluding hydrogens is 415 g/mol. The van der Waals surface area contributed by atoms with Gasteiger partial charge in [-0.3, -0.25) is 0 Å². The maximum atomic E-state index is 13.3. The van der Waals surface area contributed by atoms with E-state index in [1.54, 1.807) is 20.8 Å². The third-order valence-electron chi connectivity index (χ3n) is 3.58. The van der Waals surface area contributed by atoms with E-state index in [4.69, 9.17) is 30.3 Å². The van der Waals surface area contributed by atoms with Gasteiger partial charge in [0.05, 0.1) is 21.3 Å². The standard InChI is InChI=1S/C19H17B2F3N2O5/c1-17(2,3)31-16(29)26-18(20,21)11-8-13(19(22,23)24)25-14(9-11)30-12-6-4-5-10(7-12)15(27)28/h4-9H,1-3H3,(H,26,29)(H,27,28). The van der Waals surface area contributed by atoms with Crippen LogP contribution in [0.25, 0.3) is 0 Å². The zero-order valence-corrected chi connectivity index (χ0v) is 16.8. The molecule has 12 heteroatoms. The molecular formula is C19H17B2F3N2O5. The second kappa shape index (κ2) is 8.52. The molecule has 2 aromatic rings. The van der Waals surface area contributed by atoms with Crippen LogP contribution in [-0.4, -0.2) is 43.4 Å². The van der Waals surface area contributed by atoms with Crippen molar-refractivity contribution >= 4 is 27.8 Å². The van der Waals surface area contributed by atoms with Gasteiger partial charge < -0.3 is 19.9 Å². The third-order valence-corrected chi connectivity index (χ3v) is 3.58. The van der Waals surface area contributed by atoms with Crippen molar-refractivity contribution in [3.63, 3.8) is 0 Å². The van der Waals surface area contributed by atoms with Crippen molar-refractivity contribution in [2.24, 2.45) is 0 Å². The smallest absolute Gasteiger partial charge is 0.433 e. The van der Waals surface area contributed by atoms with Gasteiger partial charge in [0.15, 0.2) is 0 Å². The first-order valence-electron chi connectivity index (χ1n) is 8.77. The van der Waals surface area contributed by atoms with Gasteiger partial charge in [-0.2, -0.15) is 13.2 Å². The number of alkyl halides is 3. The summed E-state index contributed by atoms with van der Waals surface area (Å²) in [6.45, 7) is 4.73. The highest BCUT2D eigenvalue weighted by Gasteiger charge is 2.36. The molecule has 0 unspecified atom stereocenters. The van der Waals surface area contributed by atoms with Gasteiger partial charge in [0, 0.05) is 6.07 Å². The van der Waals surface area contributed by atoms with Crippen molar-refractivity contribution in [2.75, 3.05) is 0 Å². The van der Waals surface area contributed by atoms with E-state index in [-0.39, 0.29) is 16.9 Å². The normalized spacial score (nSPS) is 12.2. The Morgan fingerprint density at radius 1 is 1.10 bits per heavy atom. The predicted octanol–water partition coefficient (Wildman–Crippen LogP) is 3.56. The van der Waals surface area contributed by atoms with E-state index in [0.717, 1.165) is 12.1 Å². The Kier molecular flexibility index (Phi) is 6.63. The van der Waals surface area contributed by atoms with E-state index in [1.165, 1.54) is 18.2 Å². The maximum Gasteiger partial charge on any atom is 0.433 e. The summed E-state index contributed by atoms with van der Waals surface area (Å²) >= 11 is 0. The van der Waals surface area contributed by atoms with E-state index in [0.29, 0.717) is 6.07 Å². The fraction of sp³-hybridized carbons (Fsp3) is 0.316. The van der Waals surface area contributed by atoms with E-state index in [2.05, 4.69) is 10.3 Å². The van der Waals surface area contributed by atoms with Crippen molar-refractivity contribution in [2.45, 2.75) is 37.9 Å². The highest BCUT2D eigenvalue weighted by Crippen LogP contribution is 2.33. The molecule has 0 aliphatic rings. The molecule has 7 nitrogen and oxygen atoms in total. The average molecular weight is 432 g/mol. The van der Waals surface area contributed by atoms with Crippen molar-refractivity contribution in [3.8, 4) is 11.6 Å². The minimum absolute atomic E-state index is 0.0857. The summed E-state index contributed by atoms with van der Waals surface area (Å²) in [6, 6.07) is 6.58. The molecule has 1 aromatic carbocycles. The average Bonchev–Trinajstić information content (AvgIpc) is 2.58. The van der Waals surface area contributed by atoms with Gasteiger partial charge in [0.1, 0.15) is 17.0 Å². The Hall–Kier alpha value is -3.17. The number of carboxylic acids is 1. The number of alkyl carbamates (subject to hydrolysis) is 1. The topological polar surface area (TPSA) is 97.8 Å². The number of benzene rings is 1. The lowest BCUT2D eigenvalue weighted by Gasteiger charge is -2.30. The van der Waals surface area contributed by atoms with Crippen LogP contribution in [0.4, 0.5) is 18.0 Å². The van der Waals surface area contributed by atoms with Crippen LogP contribution >= 0.6 is 0 Å². The van der Waals surface area contributed by atoms with Crippen molar-refractivity contribution < 1.29 is 37.3 Å². The number of pyridine rings is 1. The SMILES string of the molecule is [B]C([B])(NC(=O)OC(C)(C)C)c1cc(Oc2cccc(C(=O)O)c2)nc(C(F)(F)F)c1. The number of rotatable bonds is 5. The summed E-state index contributed by atoms with van der Waals surface area (Å²) in [6.07, 6.45) is -5.95. The molecule has 2 rings (SSSR count). The maximum absolute atomic E-state index is 13.3. The van der Waals surface area contributed by atoms with Crippen LogP contribution < -0.4 is 10.1 Å². The predicted molar refractivity (Wildman–Crippen MR) is 105 cm³/mol. The van der Waals surface area contributed by atoms with Gasteiger partial charge in [-0.25, -0.2) is 14.6 Å². The second-order valence-corrected chi connectivity index (χ2v) is 7.51. The quantitative estimate of drug-likeness (QED) is 0.702. The van der Waals surface area contributed by atoms with Crippen molar-refractivity contribution in [1.29, 1.82) is 0 Å². The van der Waals surface area contributed by atoms with E-state index in [9.17, 15) is 22.8 Å². The first kappa shape index (κ1) is 24.1. The lowest BCUT2D eigenvalue weighted by molar-refractivity contribution is -0.141. The largest absolute Gasteiger partial charge is 0.478 e. The monoisotopic (exact) mass is 432 g/mol. The van der Waals surface area contributed by atoms with Gasteiger partial charge in [-0.05, 0) is 55.9 Å². The van der Waals surface area contributed by atoms with Gasteiger partial charge in [-0.1, -0.05) is 6.07 Å². The van der Waals surface area contributed by atoms with Crippen molar-refractivity contribution in [3.05, 3.63) is 53.2 Å². The first-order valence-corrected chi connectivity index (χ1v) is 8.77. The molecule has 160 valence electrons. The van der Waals surface area contributed by atoms with Crippen LogP contribution in [0.3, 0.4) is 0 Å². The summed E-state index contributed by atoms with van der Waals surface area (Å²) in [7, 11) is 11.7. The zero-order valence-electron chi connectivity index (χ0n) is 16.8. The highest BCUT2D eigenvalue weighted by molar-refractivity contribution is 6.40. The number of halogens is 3. The summed E-state index contributed by atoms with van der Waals surface area (Å²) in [5.41, 5.74) is -2.83. The molecule has 4 radical (unpaired) electrons. The van der Waals surface area contributed by atoms with Crippen molar-refractivity contribution in [1.82, 2.24) is 10.3 Å². The Balaban J connectivity index is 2.43. The second-order valence-electron chi connectivity index (χ2n) is 7.51. The minimum Gasteiger partial charge on any atom is -0.478 e. The Morgan fingerprint density at radius 2 is 1.74 bits per heavy atom. The van der Waals surface area contributed by atoms with Gasteiger partial charge in [-0.15, -0.1) is 0 Å². The number of carboxylic acid groups (broad SMARTS) is 1. The lowest BCUT2D eigenvalue weighted by atomic mass is 9.58.